The molecule has 0 spiro atoms. The molecule has 1 atom stereocenters. The van der Waals surface area contributed by atoms with Gasteiger partial charge in [-0.1, -0.05) is 6.07 Å². The minimum atomic E-state index is 0.0573. The second-order valence-electron chi connectivity index (χ2n) is 6.86. The van der Waals surface area contributed by atoms with Crippen LogP contribution in [0.3, 0.4) is 0 Å². The first kappa shape index (κ1) is 17.5. The van der Waals surface area contributed by atoms with Crippen molar-refractivity contribution in [3.63, 3.8) is 0 Å². The van der Waals surface area contributed by atoms with E-state index in [0.717, 1.165) is 30.9 Å². The number of aromatic nitrogens is 5. The van der Waals surface area contributed by atoms with Gasteiger partial charge in [-0.2, -0.15) is 5.10 Å². The van der Waals surface area contributed by atoms with Crippen LogP contribution in [0.4, 0.5) is 0 Å². The van der Waals surface area contributed by atoms with Crippen molar-refractivity contribution in [1.82, 2.24) is 29.2 Å². The lowest BCUT2D eigenvalue weighted by atomic mass is 9.96. The topological polar surface area (TPSA) is 68.8 Å². The molecule has 3 aromatic rings. The van der Waals surface area contributed by atoms with Crippen molar-refractivity contribution in [2.24, 2.45) is 0 Å². The van der Waals surface area contributed by atoms with Crippen LogP contribution in [-0.2, 0) is 13.1 Å². The number of aryl methyl sites for hydroxylation is 1. The highest BCUT2D eigenvalue weighted by atomic mass is 16.2. The predicted octanol–water partition coefficient (Wildman–Crippen LogP) is 2.56. The van der Waals surface area contributed by atoms with Gasteiger partial charge in [0.05, 0.1) is 12.2 Å². The van der Waals surface area contributed by atoms with Crippen LogP contribution in [-0.4, -0.2) is 48.2 Å². The molecule has 0 saturated carbocycles. The zero-order valence-corrected chi connectivity index (χ0v) is 15.5. The number of piperidine rings is 1. The van der Waals surface area contributed by atoms with Crippen molar-refractivity contribution >= 4 is 5.91 Å². The fourth-order valence-electron chi connectivity index (χ4n) is 3.78. The van der Waals surface area contributed by atoms with Gasteiger partial charge < -0.3 is 9.47 Å². The minimum Gasteiger partial charge on any atom is -0.337 e. The van der Waals surface area contributed by atoms with Gasteiger partial charge >= 0.3 is 0 Å². The van der Waals surface area contributed by atoms with Crippen LogP contribution in [0.5, 0.6) is 0 Å². The highest BCUT2D eigenvalue weighted by Gasteiger charge is 2.29. The Hall–Kier alpha value is -2.96. The molecule has 4 rings (SSSR count). The summed E-state index contributed by atoms with van der Waals surface area (Å²) in [5.41, 5.74) is 1.67. The van der Waals surface area contributed by atoms with Crippen LogP contribution in [0.15, 0.2) is 49.1 Å². The summed E-state index contributed by atoms with van der Waals surface area (Å²) in [6, 6.07) is 7.74. The molecule has 1 fully saturated rings. The number of rotatable bonds is 5. The molecule has 27 heavy (non-hydrogen) atoms. The van der Waals surface area contributed by atoms with Crippen molar-refractivity contribution in [3.8, 4) is 0 Å². The van der Waals surface area contributed by atoms with E-state index < -0.39 is 0 Å². The summed E-state index contributed by atoms with van der Waals surface area (Å²) in [5, 5.41) is 4.23. The van der Waals surface area contributed by atoms with Crippen molar-refractivity contribution in [3.05, 3.63) is 66.3 Å². The van der Waals surface area contributed by atoms with E-state index in [9.17, 15) is 4.79 Å². The quantitative estimate of drug-likeness (QED) is 0.698. The molecule has 0 N–H and O–H groups in total. The van der Waals surface area contributed by atoms with Crippen molar-refractivity contribution in [2.45, 2.75) is 38.8 Å². The van der Waals surface area contributed by atoms with Crippen molar-refractivity contribution < 1.29 is 4.79 Å². The van der Waals surface area contributed by atoms with E-state index >= 15 is 0 Å². The number of imidazole rings is 1. The Balaban J connectivity index is 1.51. The lowest BCUT2D eigenvalue weighted by Crippen LogP contribution is -2.40. The third kappa shape index (κ3) is 3.63. The van der Waals surface area contributed by atoms with E-state index in [1.807, 2.05) is 48.6 Å². The van der Waals surface area contributed by atoms with E-state index in [2.05, 4.69) is 19.6 Å². The van der Waals surface area contributed by atoms with E-state index in [1.165, 1.54) is 0 Å². The van der Waals surface area contributed by atoms with Crippen LogP contribution in [0.1, 0.15) is 47.7 Å². The molecule has 140 valence electrons. The van der Waals surface area contributed by atoms with Gasteiger partial charge in [-0.3, -0.25) is 14.5 Å². The molecular formula is C20H24N6O. The van der Waals surface area contributed by atoms with E-state index in [1.54, 1.807) is 16.9 Å². The number of amides is 1. The molecule has 1 amide bonds. The molecule has 1 saturated heterocycles. The van der Waals surface area contributed by atoms with Crippen LogP contribution in [0.25, 0.3) is 0 Å². The molecule has 0 bridgehead atoms. The van der Waals surface area contributed by atoms with Gasteiger partial charge in [0.15, 0.2) is 0 Å². The SMILES string of the molecule is CCn1nccc1C(=O)N1CCC[C@@H](c2nccn2Cc2ccccn2)C1. The summed E-state index contributed by atoms with van der Waals surface area (Å²) >= 11 is 0. The number of hydrogen-bond acceptors (Lipinski definition) is 4. The maximum Gasteiger partial charge on any atom is 0.272 e. The number of carbonyl (C=O) groups is 1. The van der Waals surface area contributed by atoms with Crippen molar-refractivity contribution in [2.75, 3.05) is 13.1 Å². The molecule has 0 unspecified atom stereocenters. The first-order chi connectivity index (χ1) is 13.3. The molecule has 0 aliphatic carbocycles. The molecule has 7 nitrogen and oxygen atoms in total. The zero-order chi connectivity index (χ0) is 18.6. The Morgan fingerprint density at radius 3 is 2.93 bits per heavy atom. The van der Waals surface area contributed by atoms with Gasteiger partial charge in [-0.05, 0) is 38.0 Å². The van der Waals surface area contributed by atoms with Crippen LogP contribution >= 0.6 is 0 Å². The summed E-state index contributed by atoms with van der Waals surface area (Å²) in [6.07, 6.45) is 9.35. The average molecular weight is 364 g/mol. The van der Waals surface area contributed by atoms with Crippen molar-refractivity contribution in [1.29, 1.82) is 0 Å². The number of likely N-dealkylation sites (tertiary alicyclic amines) is 1. The van der Waals surface area contributed by atoms with Gasteiger partial charge in [-0.15, -0.1) is 0 Å². The van der Waals surface area contributed by atoms with Crippen LogP contribution in [0, 0.1) is 0 Å². The summed E-state index contributed by atoms with van der Waals surface area (Å²) in [5.74, 6) is 1.32. The predicted molar refractivity (Wildman–Crippen MR) is 101 cm³/mol. The first-order valence-corrected chi connectivity index (χ1v) is 9.48. The van der Waals surface area contributed by atoms with Gasteiger partial charge in [-0.25, -0.2) is 4.98 Å². The highest BCUT2D eigenvalue weighted by Crippen LogP contribution is 2.27. The second kappa shape index (κ2) is 7.73. The third-order valence-corrected chi connectivity index (χ3v) is 5.12. The molecule has 0 radical (unpaired) electrons. The third-order valence-electron chi connectivity index (χ3n) is 5.12. The highest BCUT2D eigenvalue weighted by molar-refractivity contribution is 5.92. The molecule has 1 aliphatic heterocycles. The van der Waals surface area contributed by atoms with Crippen LogP contribution < -0.4 is 0 Å². The lowest BCUT2D eigenvalue weighted by Gasteiger charge is -2.32. The Bertz CT molecular complexity index is 900. The number of pyridine rings is 1. The molecule has 1 aliphatic rings. The minimum absolute atomic E-state index is 0.0573. The Labute approximate surface area is 158 Å². The van der Waals surface area contributed by atoms with E-state index in [0.29, 0.717) is 25.3 Å². The zero-order valence-electron chi connectivity index (χ0n) is 15.5. The summed E-state index contributed by atoms with van der Waals surface area (Å²) < 4.78 is 3.91. The molecule has 4 heterocycles. The maximum atomic E-state index is 13.0. The summed E-state index contributed by atoms with van der Waals surface area (Å²) in [7, 11) is 0. The Kier molecular flexibility index (Phi) is 5.00. The molecule has 0 aromatic carbocycles. The molecule has 7 heteroatoms. The fourth-order valence-corrected chi connectivity index (χ4v) is 3.78. The number of hydrogen-bond donors (Lipinski definition) is 0. The van der Waals surface area contributed by atoms with E-state index in [4.69, 9.17) is 0 Å². The molecular weight excluding hydrogens is 340 g/mol. The van der Waals surface area contributed by atoms with Gasteiger partial charge in [0.2, 0.25) is 0 Å². The van der Waals surface area contributed by atoms with Gasteiger partial charge in [0.1, 0.15) is 11.5 Å². The average Bonchev–Trinajstić information content (AvgIpc) is 3.37. The number of nitrogens with zero attached hydrogens (tertiary/aromatic N) is 6. The van der Waals surface area contributed by atoms with Gasteiger partial charge in [0, 0.05) is 50.3 Å². The number of carbonyl (C=O) groups excluding carboxylic acids is 1. The lowest BCUT2D eigenvalue weighted by molar-refractivity contribution is 0.0691. The van der Waals surface area contributed by atoms with E-state index in [-0.39, 0.29) is 11.8 Å². The normalized spacial score (nSPS) is 17.2. The Morgan fingerprint density at radius 2 is 2.11 bits per heavy atom. The summed E-state index contributed by atoms with van der Waals surface area (Å²) in [4.78, 5) is 23.9. The summed E-state index contributed by atoms with van der Waals surface area (Å²) in [6.45, 7) is 4.86. The van der Waals surface area contributed by atoms with Gasteiger partial charge in [0.25, 0.3) is 5.91 Å². The Morgan fingerprint density at radius 1 is 1.19 bits per heavy atom. The maximum absolute atomic E-state index is 13.0. The smallest absolute Gasteiger partial charge is 0.272 e. The second-order valence-corrected chi connectivity index (χ2v) is 6.86. The van der Waals surface area contributed by atoms with Crippen LogP contribution in [0.2, 0.25) is 0 Å². The standard InChI is InChI=1S/C20H24N6O/c1-2-26-18(8-10-23-26)20(27)25-12-5-6-16(14-25)19-22-11-13-24(19)15-17-7-3-4-9-21-17/h3-4,7-11,13,16H,2,5-6,12,14-15H2,1H3/t16-/m1/s1. The fraction of sp³-hybridized carbons (Fsp3) is 0.400. The largest absolute Gasteiger partial charge is 0.337 e. The first-order valence-electron chi connectivity index (χ1n) is 9.48. The molecule has 3 aromatic heterocycles. The monoisotopic (exact) mass is 364 g/mol.